The average Bonchev–Trinajstić information content (AvgIpc) is 2.84. The highest BCUT2D eigenvalue weighted by molar-refractivity contribution is 5.82. The molecule has 0 amide bonds. The molecule has 0 radical (unpaired) electrons. The third-order valence-electron chi connectivity index (χ3n) is 3.82. The molecule has 2 heterocycles. The van der Waals surface area contributed by atoms with E-state index >= 15 is 0 Å². The van der Waals surface area contributed by atoms with Crippen LogP contribution in [0, 0.1) is 5.41 Å². The number of nitrogens with one attached hydrogen (secondary N) is 2. The first-order valence-corrected chi connectivity index (χ1v) is 7.38. The van der Waals surface area contributed by atoms with Crippen molar-refractivity contribution in [3.63, 3.8) is 0 Å². The number of benzene rings is 1. The standard InChI is InChI=1S/C17H20N6/c1-12-3-8-16-22(2)15(11-23(16)10-12)14-6-4-13(5-7-14)9-20-21-17(18)19/h3-9,11H,10H2,1-2H3,(H4,18,19,21). The van der Waals surface area contributed by atoms with Crippen LogP contribution >= 0.6 is 0 Å². The largest absolute Gasteiger partial charge is 0.369 e. The van der Waals surface area contributed by atoms with Gasteiger partial charge in [0.25, 0.3) is 0 Å². The number of hydrazone groups is 1. The molecule has 0 bridgehead atoms. The minimum atomic E-state index is -0.176. The molecule has 0 saturated carbocycles. The second-order valence-electron chi connectivity index (χ2n) is 5.64. The molecule has 23 heavy (non-hydrogen) atoms. The Kier molecular flexibility index (Phi) is 3.89. The molecule has 6 heteroatoms. The Morgan fingerprint density at radius 1 is 1.30 bits per heavy atom. The maximum Gasteiger partial charge on any atom is 0.206 e. The van der Waals surface area contributed by atoms with E-state index in [1.165, 1.54) is 17.1 Å². The van der Waals surface area contributed by atoms with Crippen LogP contribution in [-0.4, -0.2) is 35.6 Å². The van der Waals surface area contributed by atoms with Crippen LogP contribution in [0.3, 0.4) is 0 Å². The van der Waals surface area contributed by atoms with Crippen molar-refractivity contribution in [1.82, 2.24) is 15.2 Å². The van der Waals surface area contributed by atoms with Crippen LogP contribution in [-0.2, 0) is 0 Å². The van der Waals surface area contributed by atoms with E-state index in [9.17, 15) is 0 Å². The van der Waals surface area contributed by atoms with Crippen LogP contribution in [0.1, 0.15) is 18.1 Å². The SMILES string of the molecule is CC1=CC=C2N(C=C(c3ccc(C=NNC(=N)N)cc3)N2C)C1. The smallest absolute Gasteiger partial charge is 0.206 e. The number of hydrogen-bond acceptors (Lipinski definition) is 4. The van der Waals surface area contributed by atoms with E-state index in [2.05, 4.69) is 64.8 Å². The highest BCUT2D eigenvalue weighted by atomic mass is 15.4. The monoisotopic (exact) mass is 308 g/mol. The third kappa shape index (κ3) is 3.11. The molecule has 0 aromatic heterocycles. The lowest BCUT2D eigenvalue weighted by Crippen LogP contribution is -2.25. The molecule has 0 fully saturated rings. The van der Waals surface area contributed by atoms with Gasteiger partial charge in [0.05, 0.1) is 11.9 Å². The molecular weight excluding hydrogens is 288 g/mol. The maximum atomic E-state index is 7.05. The molecule has 0 unspecified atom stereocenters. The Morgan fingerprint density at radius 2 is 2.04 bits per heavy atom. The summed E-state index contributed by atoms with van der Waals surface area (Å²) in [6, 6.07) is 8.11. The van der Waals surface area contributed by atoms with E-state index in [1.54, 1.807) is 6.21 Å². The first kappa shape index (κ1) is 14.9. The van der Waals surface area contributed by atoms with Crippen molar-refractivity contribution in [2.24, 2.45) is 10.8 Å². The molecule has 0 aliphatic carbocycles. The summed E-state index contributed by atoms with van der Waals surface area (Å²) in [5.41, 5.74) is 12.2. The van der Waals surface area contributed by atoms with Crippen molar-refractivity contribution < 1.29 is 0 Å². The van der Waals surface area contributed by atoms with Gasteiger partial charge < -0.3 is 15.5 Å². The number of nitrogens with two attached hydrogens (primary N) is 1. The van der Waals surface area contributed by atoms with Gasteiger partial charge in [0.15, 0.2) is 0 Å². The zero-order chi connectivity index (χ0) is 16.4. The van der Waals surface area contributed by atoms with Gasteiger partial charge in [0.2, 0.25) is 5.96 Å². The van der Waals surface area contributed by atoms with E-state index in [1.807, 2.05) is 12.1 Å². The molecule has 1 aromatic carbocycles. The molecule has 0 saturated heterocycles. The zero-order valence-corrected chi connectivity index (χ0v) is 13.2. The number of fused-ring (bicyclic) bond motifs is 1. The van der Waals surface area contributed by atoms with E-state index < -0.39 is 0 Å². The van der Waals surface area contributed by atoms with Crippen molar-refractivity contribution in [1.29, 1.82) is 5.41 Å². The summed E-state index contributed by atoms with van der Waals surface area (Å²) in [7, 11) is 2.08. The van der Waals surface area contributed by atoms with Gasteiger partial charge in [-0.1, -0.05) is 35.9 Å². The molecule has 2 aliphatic heterocycles. The Balaban J connectivity index is 1.77. The number of guanidine groups is 1. The normalized spacial score (nSPS) is 16.9. The summed E-state index contributed by atoms with van der Waals surface area (Å²) in [6.07, 6.45) is 8.14. The molecule has 118 valence electrons. The highest BCUT2D eigenvalue weighted by Crippen LogP contribution is 2.33. The number of nitrogens with zero attached hydrogens (tertiary/aromatic N) is 3. The lowest BCUT2D eigenvalue weighted by atomic mass is 10.1. The molecule has 4 N–H and O–H groups in total. The lowest BCUT2D eigenvalue weighted by Gasteiger charge is -2.26. The van der Waals surface area contributed by atoms with Crippen molar-refractivity contribution in [3.05, 3.63) is 65.1 Å². The predicted octanol–water partition coefficient (Wildman–Crippen LogP) is 1.85. The van der Waals surface area contributed by atoms with Gasteiger partial charge in [0.1, 0.15) is 5.82 Å². The van der Waals surface area contributed by atoms with Crippen molar-refractivity contribution >= 4 is 17.9 Å². The second kappa shape index (κ2) is 6.00. The minimum absolute atomic E-state index is 0.176. The number of hydrogen-bond donors (Lipinski definition) is 3. The Morgan fingerprint density at radius 3 is 2.74 bits per heavy atom. The van der Waals surface area contributed by atoms with E-state index in [0.29, 0.717) is 0 Å². The third-order valence-corrected chi connectivity index (χ3v) is 3.82. The van der Waals surface area contributed by atoms with E-state index in [-0.39, 0.29) is 5.96 Å². The highest BCUT2D eigenvalue weighted by Gasteiger charge is 2.25. The maximum absolute atomic E-state index is 7.05. The molecular formula is C17H20N6. The van der Waals surface area contributed by atoms with E-state index in [0.717, 1.165) is 17.7 Å². The Labute approximate surface area is 135 Å². The number of allylic oxidation sites excluding steroid dienone is 2. The molecule has 2 aliphatic rings. The summed E-state index contributed by atoms with van der Waals surface area (Å²) in [4.78, 5) is 4.46. The Bertz CT molecular complexity index is 739. The summed E-state index contributed by atoms with van der Waals surface area (Å²) in [6.45, 7) is 3.07. The van der Waals surface area contributed by atoms with Gasteiger partial charge in [-0.05, 0) is 24.1 Å². The summed E-state index contributed by atoms with van der Waals surface area (Å²) in [5.74, 6) is 1.02. The van der Waals surface area contributed by atoms with Crippen LogP contribution in [0.2, 0.25) is 0 Å². The van der Waals surface area contributed by atoms with E-state index in [4.69, 9.17) is 11.1 Å². The van der Waals surface area contributed by atoms with Crippen LogP contribution in [0.15, 0.2) is 59.1 Å². The fraction of sp³-hybridized carbons (Fsp3) is 0.176. The molecule has 0 atom stereocenters. The van der Waals surface area contributed by atoms with Crippen LogP contribution in [0.5, 0.6) is 0 Å². The molecule has 1 aromatic rings. The van der Waals surface area contributed by atoms with Gasteiger partial charge in [-0.25, -0.2) is 5.43 Å². The topological polar surface area (TPSA) is 80.7 Å². The zero-order valence-electron chi connectivity index (χ0n) is 13.2. The molecule has 6 nitrogen and oxygen atoms in total. The first-order chi connectivity index (χ1) is 11.0. The predicted molar refractivity (Wildman–Crippen MR) is 93.4 cm³/mol. The minimum Gasteiger partial charge on any atom is -0.369 e. The van der Waals surface area contributed by atoms with Crippen molar-refractivity contribution in [3.8, 4) is 0 Å². The van der Waals surface area contributed by atoms with Crippen LogP contribution in [0.25, 0.3) is 5.70 Å². The van der Waals surface area contributed by atoms with Crippen LogP contribution in [0.4, 0.5) is 0 Å². The quantitative estimate of drug-likeness (QED) is 0.452. The molecule has 3 rings (SSSR count). The van der Waals surface area contributed by atoms with Crippen LogP contribution < -0.4 is 11.2 Å². The fourth-order valence-electron chi connectivity index (χ4n) is 2.67. The van der Waals surface area contributed by atoms with Gasteiger partial charge >= 0.3 is 0 Å². The van der Waals surface area contributed by atoms with Gasteiger partial charge in [0, 0.05) is 19.8 Å². The van der Waals surface area contributed by atoms with Gasteiger partial charge in [-0.3, -0.25) is 5.41 Å². The summed E-state index contributed by atoms with van der Waals surface area (Å²) >= 11 is 0. The fourth-order valence-corrected chi connectivity index (χ4v) is 2.67. The summed E-state index contributed by atoms with van der Waals surface area (Å²) in [5, 5.41) is 10.9. The lowest BCUT2D eigenvalue weighted by molar-refractivity contribution is 0.414. The average molecular weight is 308 g/mol. The van der Waals surface area contributed by atoms with Crippen molar-refractivity contribution in [2.75, 3.05) is 13.6 Å². The first-order valence-electron chi connectivity index (χ1n) is 7.38. The number of rotatable bonds is 3. The van der Waals surface area contributed by atoms with Crippen molar-refractivity contribution in [2.45, 2.75) is 6.92 Å². The van der Waals surface area contributed by atoms with Gasteiger partial charge in [-0.15, -0.1) is 0 Å². The Hall–Kier alpha value is -3.02. The summed E-state index contributed by atoms with van der Waals surface area (Å²) < 4.78 is 0. The van der Waals surface area contributed by atoms with Gasteiger partial charge in [-0.2, -0.15) is 5.10 Å². The second-order valence-corrected chi connectivity index (χ2v) is 5.64. The molecule has 0 spiro atoms.